The quantitative estimate of drug-likeness (QED) is 0.824. The molecule has 0 radical (unpaired) electrons. The van der Waals surface area contributed by atoms with E-state index in [0.717, 1.165) is 18.0 Å². The van der Waals surface area contributed by atoms with Crippen LogP contribution in [-0.4, -0.2) is 6.54 Å². The van der Waals surface area contributed by atoms with Crippen LogP contribution < -0.4 is 5.32 Å². The van der Waals surface area contributed by atoms with Gasteiger partial charge in [-0.25, -0.2) is 4.39 Å². The molecule has 106 valence electrons. The zero-order chi connectivity index (χ0) is 13.8. The number of benzene rings is 1. The SMILES string of the molecule is CCNC(c1cccc(F)c1Cl)C1CCCC(C)C1. The van der Waals surface area contributed by atoms with Gasteiger partial charge in [0.1, 0.15) is 5.82 Å². The summed E-state index contributed by atoms with van der Waals surface area (Å²) in [6, 6.07) is 5.32. The molecule has 0 aromatic heterocycles. The summed E-state index contributed by atoms with van der Waals surface area (Å²) < 4.78 is 13.7. The summed E-state index contributed by atoms with van der Waals surface area (Å²) in [6.07, 6.45) is 4.98. The molecule has 0 saturated heterocycles. The first-order chi connectivity index (χ1) is 9.13. The lowest BCUT2D eigenvalue weighted by atomic mass is 9.76. The van der Waals surface area contributed by atoms with Crippen LogP contribution in [0.3, 0.4) is 0 Å². The second-order valence-corrected chi connectivity index (χ2v) is 6.09. The maximum absolute atomic E-state index is 13.7. The summed E-state index contributed by atoms with van der Waals surface area (Å²) in [5.41, 5.74) is 0.919. The average Bonchev–Trinajstić information content (AvgIpc) is 2.40. The van der Waals surface area contributed by atoms with Gasteiger partial charge in [-0.15, -0.1) is 0 Å². The van der Waals surface area contributed by atoms with E-state index in [9.17, 15) is 4.39 Å². The van der Waals surface area contributed by atoms with E-state index in [1.807, 2.05) is 6.07 Å². The molecule has 0 aliphatic heterocycles. The highest BCUT2D eigenvalue weighted by atomic mass is 35.5. The number of halogens is 2. The lowest BCUT2D eigenvalue weighted by Gasteiger charge is -2.34. The second-order valence-electron chi connectivity index (χ2n) is 5.71. The van der Waals surface area contributed by atoms with Gasteiger partial charge in [-0.1, -0.05) is 50.4 Å². The van der Waals surface area contributed by atoms with Gasteiger partial charge >= 0.3 is 0 Å². The maximum Gasteiger partial charge on any atom is 0.142 e. The van der Waals surface area contributed by atoms with E-state index in [1.54, 1.807) is 6.07 Å². The monoisotopic (exact) mass is 283 g/mol. The van der Waals surface area contributed by atoms with Crippen molar-refractivity contribution in [2.75, 3.05) is 6.54 Å². The summed E-state index contributed by atoms with van der Waals surface area (Å²) in [6.45, 7) is 5.27. The third-order valence-corrected chi connectivity index (χ3v) is 4.59. The Bertz CT molecular complexity index is 421. The molecule has 1 nitrogen and oxygen atoms in total. The van der Waals surface area contributed by atoms with Crippen molar-refractivity contribution in [2.24, 2.45) is 11.8 Å². The zero-order valence-corrected chi connectivity index (χ0v) is 12.5. The molecule has 1 aromatic rings. The highest BCUT2D eigenvalue weighted by Crippen LogP contribution is 2.39. The van der Waals surface area contributed by atoms with Crippen molar-refractivity contribution in [3.05, 3.63) is 34.6 Å². The summed E-state index contributed by atoms with van der Waals surface area (Å²) >= 11 is 6.16. The Morgan fingerprint density at radius 1 is 1.42 bits per heavy atom. The molecule has 3 atom stereocenters. The van der Waals surface area contributed by atoms with E-state index in [0.29, 0.717) is 5.92 Å². The standard InChI is InChI=1S/C16H23ClFN/c1-3-19-16(12-7-4-6-11(2)10-12)13-8-5-9-14(18)15(13)17/h5,8-9,11-12,16,19H,3-4,6-7,10H2,1-2H3. The Balaban J connectivity index is 2.26. The van der Waals surface area contributed by atoms with Crippen LogP contribution >= 0.6 is 11.6 Å². The van der Waals surface area contributed by atoms with Crippen molar-refractivity contribution >= 4 is 11.6 Å². The third-order valence-electron chi connectivity index (χ3n) is 4.19. The van der Waals surface area contributed by atoms with Crippen LogP contribution in [-0.2, 0) is 0 Å². The van der Waals surface area contributed by atoms with Gasteiger partial charge in [0.05, 0.1) is 5.02 Å². The Morgan fingerprint density at radius 2 is 2.21 bits per heavy atom. The maximum atomic E-state index is 13.7. The highest BCUT2D eigenvalue weighted by molar-refractivity contribution is 6.31. The van der Waals surface area contributed by atoms with Crippen LogP contribution in [0.5, 0.6) is 0 Å². The fourth-order valence-electron chi connectivity index (χ4n) is 3.29. The largest absolute Gasteiger partial charge is 0.310 e. The minimum absolute atomic E-state index is 0.177. The molecule has 3 heteroatoms. The van der Waals surface area contributed by atoms with Crippen molar-refractivity contribution in [3.63, 3.8) is 0 Å². The van der Waals surface area contributed by atoms with Crippen molar-refractivity contribution in [1.29, 1.82) is 0 Å². The van der Waals surface area contributed by atoms with Crippen LogP contribution in [0.15, 0.2) is 18.2 Å². The van der Waals surface area contributed by atoms with Gasteiger partial charge in [-0.2, -0.15) is 0 Å². The summed E-state index contributed by atoms with van der Waals surface area (Å²) in [5, 5.41) is 3.79. The molecule has 1 aliphatic rings. The normalized spacial score (nSPS) is 25.3. The molecule has 0 spiro atoms. The smallest absolute Gasteiger partial charge is 0.142 e. The van der Waals surface area contributed by atoms with E-state index >= 15 is 0 Å². The van der Waals surface area contributed by atoms with Crippen LogP contribution in [0.2, 0.25) is 5.02 Å². The van der Waals surface area contributed by atoms with Crippen LogP contribution in [0.1, 0.15) is 51.1 Å². The molecule has 1 aliphatic carbocycles. The molecular weight excluding hydrogens is 261 g/mol. The van der Waals surface area contributed by atoms with Gasteiger partial charge in [0.2, 0.25) is 0 Å². The molecule has 0 heterocycles. The Labute approximate surface area is 120 Å². The van der Waals surface area contributed by atoms with Crippen molar-refractivity contribution in [3.8, 4) is 0 Å². The van der Waals surface area contributed by atoms with Gasteiger partial charge in [0.25, 0.3) is 0 Å². The molecule has 0 amide bonds. The van der Waals surface area contributed by atoms with Gasteiger partial charge in [-0.3, -0.25) is 0 Å². The topological polar surface area (TPSA) is 12.0 Å². The molecule has 19 heavy (non-hydrogen) atoms. The lowest BCUT2D eigenvalue weighted by Crippen LogP contribution is -2.31. The van der Waals surface area contributed by atoms with E-state index in [4.69, 9.17) is 11.6 Å². The highest BCUT2D eigenvalue weighted by Gasteiger charge is 2.29. The number of hydrogen-bond acceptors (Lipinski definition) is 1. The first-order valence-corrected chi connectivity index (χ1v) is 7.68. The fraction of sp³-hybridized carbons (Fsp3) is 0.625. The molecule has 1 saturated carbocycles. The Morgan fingerprint density at radius 3 is 2.89 bits per heavy atom. The van der Waals surface area contributed by atoms with Gasteiger partial charge in [0, 0.05) is 6.04 Å². The lowest BCUT2D eigenvalue weighted by molar-refractivity contribution is 0.225. The first kappa shape index (κ1) is 14.8. The van der Waals surface area contributed by atoms with E-state index < -0.39 is 0 Å². The molecule has 1 N–H and O–H groups in total. The number of hydrogen-bond donors (Lipinski definition) is 1. The number of rotatable bonds is 4. The molecular formula is C16H23ClFN. The average molecular weight is 284 g/mol. The Hall–Kier alpha value is -0.600. The van der Waals surface area contributed by atoms with E-state index in [-0.39, 0.29) is 16.9 Å². The molecule has 0 bridgehead atoms. The second kappa shape index (κ2) is 6.71. The van der Waals surface area contributed by atoms with Crippen molar-refractivity contribution < 1.29 is 4.39 Å². The predicted molar refractivity (Wildman–Crippen MR) is 78.9 cm³/mol. The number of nitrogens with one attached hydrogen (secondary N) is 1. The minimum atomic E-state index is -0.314. The zero-order valence-electron chi connectivity index (χ0n) is 11.8. The van der Waals surface area contributed by atoms with Crippen molar-refractivity contribution in [2.45, 2.75) is 45.6 Å². The summed E-state index contributed by atoms with van der Waals surface area (Å²) in [7, 11) is 0. The fourth-order valence-corrected chi connectivity index (χ4v) is 3.54. The van der Waals surface area contributed by atoms with Gasteiger partial charge < -0.3 is 5.32 Å². The van der Waals surface area contributed by atoms with Crippen molar-refractivity contribution in [1.82, 2.24) is 5.32 Å². The molecule has 3 unspecified atom stereocenters. The minimum Gasteiger partial charge on any atom is -0.310 e. The molecule has 2 rings (SSSR count). The van der Waals surface area contributed by atoms with Gasteiger partial charge in [-0.05, 0) is 42.9 Å². The molecule has 1 fully saturated rings. The third kappa shape index (κ3) is 3.49. The van der Waals surface area contributed by atoms with E-state index in [1.165, 1.54) is 31.7 Å². The molecule has 1 aromatic carbocycles. The Kier molecular flexibility index (Phi) is 5.23. The first-order valence-electron chi connectivity index (χ1n) is 7.30. The van der Waals surface area contributed by atoms with Crippen LogP contribution in [0.4, 0.5) is 4.39 Å². The summed E-state index contributed by atoms with van der Waals surface area (Å²) in [5.74, 6) is 1.00. The predicted octanol–water partition coefficient (Wildman–Crippen LogP) is 4.96. The van der Waals surface area contributed by atoms with E-state index in [2.05, 4.69) is 19.2 Å². The van der Waals surface area contributed by atoms with Crippen LogP contribution in [0.25, 0.3) is 0 Å². The summed E-state index contributed by atoms with van der Waals surface area (Å²) in [4.78, 5) is 0. The van der Waals surface area contributed by atoms with Crippen LogP contribution in [0, 0.1) is 17.7 Å². The van der Waals surface area contributed by atoms with Gasteiger partial charge in [0.15, 0.2) is 0 Å².